The molecule has 1 heterocycles. The summed E-state index contributed by atoms with van der Waals surface area (Å²) in [5.74, 6) is -1.44. The zero-order valence-electron chi connectivity index (χ0n) is 9.64. The highest BCUT2D eigenvalue weighted by Gasteiger charge is 2.06. The number of aromatic carboxylic acids is 1. The van der Waals surface area contributed by atoms with Gasteiger partial charge in [-0.25, -0.2) is 9.59 Å². The molecule has 5 heteroatoms. The molecule has 5 nitrogen and oxygen atoms in total. The Kier molecular flexibility index (Phi) is 3.14. The van der Waals surface area contributed by atoms with Crippen molar-refractivity contribution in [2.24, 2.45) is 0 Å². The van der Waals surface area contributed by atoms with Crippen molar-refractivity contribution < 1.29 is 19.4 Å². The Morgan fingerprint density at radius 2 is 2.11 bits per heavy atom. The van der Waals surface area contributed by atoms with Gasteiger partial charge in [0.15, 0.2) is 0 Å². The molecule has 0 aliphatic carbocycles. The first-order valence-electron chi connectivity index (χ1n) is 5.22. The average molecular weight is 245 g/mol. The first-order chi connectivity index (χ1) is 8.60. The second-order valence-electron chi connectivity index (χ2n) is 3.69. The number of esters is 1. The molecular formula is C13H11NO4. The molecule has 0 aliphatic rings. The maximum absolute atomic E-state index is 10.9. The minimum absolute atomic E-state index is 0.138. The number of aromatic nitrogens is 1. The predicted octanol–water partition coefficient (Wildman–Crippen LogP) is 2.05. The van der Waals surface area contributed by atoms with Gasteiger partial charge < -0.3 is 14.8 Å². The molecule has 0 aliphatic heterocycles. The standard InChI is InChI=1S/C13H11NO4/c1-18-12(15)5-3-8-2-4-10-9(6-8)7-11(14-10)13(16)17/h2-7,14H,1H3,(H,16,17). The van der Waals surface area contributed by atoms with Gasteiger partial charge in [-0.3, -0.25) is 0 Å². The highest BCUT2D eigenvalue weighted by molar-refractivity contribution is 5.95. The van der Waals surface area contributed by atoms with Gasteiger partial charge in [-0.1, -0.05) is 6.07 Å². The van der Waals surface area contributed by atoms with Crippen molar-refractivity contribution in [1.82, 2.24) is 4.98 Å². The summed E-state index contributed by atoms with van der Waals surface area (Å²) in [5.41, 5.74) is 1.67. The molecular weight excluding hydrogens is 234 g/mol. The molecule has 0 unspecified atom stereocenters. The number of carbonyl (C=O) groups is 2. The minimum Gasteiger partial charge on any atom is -0.477 e. The second-order valence-corrected chi connectivity index (χ2v) is 3.69. The Morgan fingerprint density at radius 3 is 2.78 bits per heavy atom. The Labute approximate surface area is 103 Å². The molecule has 1 aromatic heterocycles. The van der Waals surface area contributed by atoms with Gasteiger partial charge in [0.1, 0.15) is 5.69 Å². The topological polar surface area (TPSA) is 79.4 Å². The van der Waals surface area contributed by atoms with Crippen LogP contribution in [0.2, 0.25) is 0 Å². The van der Waals surface area contributed by atoms with E-state index in [0.29, 0.717) is 0 Å². The lowest BCUT2D eigenvalue weighted by Crippen LogP contribution is -1.94. The lowest BCUT2D eigenvalue weighted by Gasteiger charge is -1.94. The van der Waals surface area contributed by atoms with Crippen LogP contribution in [-0.2, 0) is 9.53 Å². The van der Waals surface area contributed by atoms with Gasteiger partial charge in [-0.2, -0.15) is 0 Å². The second kappa shape index (κ2) is 4.75. The molecule has 18 heavy (non-hydrogen) atoms. The number of carboxylic acid groups (broad SMARTS) is 1. The number of rotatable bonds is 3. The van der Waals surface area contributed by atoms with E-state index in [2.05, 4.69) is 9.72 Å². The van der Waals surface area contributed by atoms with Crippen LogP contribution in [-0.4, -0.2) is 29.1 Å². The Morgan fingerprint density at radius 1 is 1.33 bits per heavy atom. The van der Waals surface area contributed by atoms with Crippen molar-refractivity contribution in [2.45, 2.75) is 0 Å². The Hall–Kier alpha value is -2.56. The smallest absolute Gasteiger partial charge is 0.352 e. The first-order valence-corrected chi connectivity index (χ1v) is 5.22. The summed E-state index contributed by atoms with van der Waals surface area (Å²) in [6.45, 7) is 0. The van der Waals surface area contributed by atoms with E-state index in [4.69, 9.17) is 5.11 Å². The summed E-state index contributed by atoms with van der Waals surface area (Å²) < 4.78 is 4.49. The summed E-state index contributed by atoms with van der Waals surface area (Å²) in [7, 11) is 1.31. The number of aromatic amines is 1. The molecule has 0 bridgehead atoms. The lowest BCUT2D eigenvalue weighted by atomic mass is 10.1. The number of hydrogen-bond acceptors (Lipinski definition) is 3. The van der Waals surface area contributed by atoms with Crippen LogP contribution in [0.4, 0.5) is 0 Å². The average Bonchev–Trinajstić information content (AvgIpc) is 2.79. The van der Waals surface area contributed by atoms with Crippen LogP contribution in [0.1, 0.15) is 16.1 Å². The Bertz CT molecular complexity index is 639. The fraction of sp³-hybridized carbons (Fsp3) is 0.0769. The van der Waals surface area contributed by atoms with E-state index >= 15 is 0 Å². The van der Waals surface area contributed by atoms with Crippen LogP contribution in [0.15, 0.2) is 30.3 Å². The number of benzene rings is 1. The van der Waals surface area contributed by atoms with Gasteiger partial charge in [0, 0.05) is 17.0 Å². The van der Waals surface area contributed by atoms with Crippen LogP contribution in [0.25, 0.3) is 17.0 Å². The van der Waals surface area contributed by atoms with E-state index < -0.39 is 11.9 Å². The van der Waals surface area contributed by atoms with Gasteiger partial charge in [-0.15, -0.1) is 0 Å². The predicted molar refractivity (Wildman–Crippen MR) is 66.3 cm³/mol. The summed E-state index contributed by atoms with van der Waals surface area (Å²) in [6.07, 6.45) is 2.92. The first kappa shape index (κ1) is 11.9. The zero-order valence-corrected chi connectivity index (χ0v) is 9.64. The van der Waals surface area contributed by atoms with Crippen LogP contribution >= 0.6 is 0 Å². The summed E-state index contributed by atoms with van der Waals surface area (Å²) in [4.78, 5) is 24.5. The molecule has 2 rings (SSSR count). The zero-order chi connectivity index (χ0) is 13.1. The normalized spacial score (nSPS) is 10.9. The van der Waals surface area contributed by atoms with Crippen molar-refractivity contribution in [3.63, 3.8) is 0 Å². The SMILES string of the molecule is COC(=O)C=Cc1ccc2[nH]c(C(=O)O)cc2c1. The maximum Gasteiger partial charge on any atom is 0.352 e. The third kappa shape index (κ3) is 2.40. The molecule has 0 spiro atoms. The lowest BCUT2D eigenvalue weighted by molar-refractivity contribution is -0.134. The number of methoxy groups -OCH3 is 1. The molecule has 2 N–H and O–H groups in total. The number of hydrogen-bond donors (Lipinski definition) is 2. The number of fused-ring (bicyclic) bond motifs is 1. The van der Waals surface area contributed by atoms with Gasteiger partial charge in [0.05, 0.1) is 7.11 Å². The summed E-state index contributed by atoms with van der Waals surface area (Å²) in [5, 5.41) is 9.63. The van der Waals surface area contributed by atoms with Crippen molar-refractivity contribution in [2.75, 3.05) is 7.11 Å². The molecule has 0 fully saturated rings. The van der Waals surface area contributed by atoms with E-state index in [9.17, 15) is 9.59 Å². The molecule has 2 aromatic rings. The molecule has 1 aromatic carbocycles. The molecule has 0 saturated heterocycles. The number of carboxylic acids is 1. The van der Waals surface area contributed by atoms with Gasteiger partial charge >= 0.3 is 11.9 Å². The van der Waals surface area contributed by atoms with Gasteiger partial charge in [-0.05, 0) is 29.8 Å². The van der Waals surface area contributed by atoms with Crippen molar-refractivity contribution in [1.29, 1.82) is 0 Å². The fourth-order valence-electron chi connectivity index (χ4n) is 1.60. The van der Waals surface area contributed by atoms with E-state index in [-0.39, 0.29) is 5.69 Å². The Balaban J connectivity index is 2.35. The van der Waals surface area contributed by atoms with E-state index in [1.165, 1.54) is 13.2 Å². The fourth-order valence-corrected chi connectivity index (χ4v) is 1.60. The third-order valence-electron chi connectivity index (χ3n) is 2.49. The van der Waals surface area contributed by atoms with Crippen molar-refractivity contribution in [3.8, 4) is 0 Å². The molecule has 0 radical (unpaired) electrons. The number of carbonyl (C=O) groups excluding carboxylic acids is 1. The highest BCUT2D eigenvalue weighted by Crippen LogP contribution is 2.18. The van der Waals surface area contributed by atoms with E-state index in [1.54, 1.807) is 30.3 Å². The summed E-state index contributed by atoms with van der Waals surface area (Å²) >= 11 is 0. The monoisotopic (exact) mass is 245 g/mol. The van der Waals surface area contributed by atoms with Crippen LogP contribution < -0.4 is 0 Å². The number of ether oxygens (including phenoxy) is 1. The third-order valence-corrected chi connectivity index (χ3v) is 2.49. The minimum atomic E-state index is -1.00. The van der Waals surface area contributed by atoms with Gasteiger partial charge in [0.25, 0.3) is 0 Å². The highest BCUT2D eigenvalue weighted by atomic mass is 16.5. The van der Waals surface area contributed by atoms with E-state index in [1.807, 2.05) is 0 Å². The van der Waals surface area contributed by atoms with Crippen molar-refractivity contribution in [3.05, 3.63) is 41.6 Å². The van der Waals surface area contributed by atoms with Crippen LogP contribution in [0.3, 0.4) is 0 Å². The molecule has 0 amide bonds. The molecule has 92 valence electrons. The molecule has 0 atom stereocenters. The number of H-pyrrole nitrogens is 1. The summed E-state index contributed by atoms with van der Waals surface area (Å²) in [6, 6.07) is 6.88. The molecule has 0 saturated carbocycles. The van der Waals surface area contributed by atoms with Crippen LogP contribution in [0.5, 0.6) is 0 Å². The van der Waals surface area contributed by atoms with Crippen molar-refractivity contribution >= 4 is 28.9 Å². The maximum atomic E-state index is 10.9. The van der Waals surface area contributed by atoms with Crippen LogP contribution in [0, 0.1) is 0 Å². The number of nitrogens with one attached hydrogen (secondary N) is 1. The quantitative estimate of drug-likeness (QED) is 0.640. The van der Waals surface area contributed by atoms with Gasteiger partial charge in [0.2, 0.25) is 0 Å². The van der Waals surface area contributed by atoms with E-state index in [0.717, 1.165) is 16.5 Å². The largest absolute Gasteiger partial charge is 0.477 e.